The van der Waals surface area contributed by atoms with Crippen LogP contribution in [-0.2, 0) is 11.0 Å². The molecule has 3 aromatic carbocycles. The molecule has 8 nitrogen and oxygen atoms in total. The van der Waals surface area contributed by atoms with Gasteiger partial charge in [0.2, 0.25) is 5.91 Å². The molecule has 5 rings (SSSR count). The molecule has 1 aliphatic heterocycles. The van der Waals surface area contributed by atoms with Crippen molar-refractivity contribution in [2.75, 3.05) is 47.4 Å². The first kappa shape index (κ1) is 30.5. The minimum atomic E-state index is -4.44. The number of carbonyl (C=O) groups excluding carboxylic acids is 2. The second-order valence-corrected chi connectivity index (χ2v) is 10.4. The Hall–Kier alpha value is -4.97. The third-order valence-electron chi connectivity index (χ3n) is 7.53. The zero-order chi connectivity index (χ0) is 31.4. The van der Waals surface area contributed by atoms with Gasteiger partial charge in [0.25, 0.3) is 5.91 Å². The summed E-state index contributed by atoms with van der Waals surface area (Å²) in [7, 11) is 0. The van der Waals surface area contributed by atoms with E-state index in [1.165, 1.54) is 18.2 Å². The van der Waals surface area contributed by atoms with E-state index in [1.807, 2.05) is 9.80 Å². The van der Waals surface area contributed by atoms with Crippen LogP contribution in [0.1, 0.15) is 22.8 Å². The van der Waals surface area contributed by atoms with Crippen molar-refractivity contribution in [2.45, 2.75) is 19.1 Å². The Kier molecular flexibility index (Phi) is 8.81. The molecule has 1 aromatic heterocycles. The van der Waals surface area contributed by atoms with E-state index in [0.717, 1.165) is 23.4 Å². The summed E-state index contributed by atoms with van der Waals surface area (Å²) in [4.78, 5) is 33.7. The van der Waals surface area contributed by atoms with Gasteiger partial charge in [0.1, 0.15) is 11.6 Å². The largest absolute Gasteiger partial charge is 0.417 e. The maximum absolute atomic E-state index is 13.3. The number of alkyl halides is 3. The number of aromatic nitrogens is 1. The number of pyridine rings is 1. The Balaban J connectivity index is 1.14. The van der Waals surface area contributed by atoms with Gasteiger partial charge in [-0.1, -0.05) is 18.2 Å². The molecular formula is C32H30F4N6O2. The summed E-state index contributed by atoms with van der Waals surface area (Å²) in [5.41, 5.74) is 8.48. The number of halogens is 4. The van der Waals surface area contributed by atoms with Gasteiger partial charge in [-0.05, 0) is 78.7 Å². The number of hydrogen-bond acceptors (Lipinski definition) is 6. The first-order chi connectivity index (χ1) is 21.0. The summed E-state index contributed by atoms with van der Waals surface area (Å²) in [5, 5.41) is 5.67. The number of nitrogens with one attached hydrogen (secondary N) is 2. The van der Waals surface area contributed by atoms with E-state index in [0.29, 0.717) is 54.6 Å². The molecular weight excluding hydrogens is 576 g/mol. The highest BCUT2D eigenvalue weighted by Gasteiger charge is 2.31. The normalized spacial score (nSPS) is 14.6. The number of hydrogen-bond donors (Lipinski definition) is 3. The molecule has 12 heteroatoms. The molecule has 1 unspecified atom stereocenters. The molecule has 1 aliphatic rings. The van der Waals surface area contributed by atoms with Crippen LogP contribution in [0.25, 0.3) is 11.1 Å². The quantitative estimate of drug-likeness (QED) is 0.179. The van der Waals surface area contributed by atoms with E-state index in [1.54, 1.807) is 61.5 Å². The van der Waals surface area contributed by atoms with Crippen LogP contribution >= 0.6 is 0 Å². The first-order valence-electron chi connectivity index (χ1n) is 13.9. The highest BCUT2D eigenvalue weighted by atomic mass is 19.4. The van der Waals surface area contributed by atoms with Crippen molar-refractivity contribution in [2.24, 2.45) is 0 Å². The zero-order valence-corrected chi connectivity index (χ0v) is 23.7. The Morgan fingerprint density at radius 2 is 1.52 bits per heavy atom. The number of nitrogens with zero attached hydrogens (tertiary/aromatic N) is 3. The van der Waals surface area contributed by atoms with Crippen LogP contribution in [0.4, 0.5) is 40.4 Å². The molecule has 228 valence electrons. The average molecular weight is 607 g/mol. The second kappa shape index (κ2) is 12.7. The van der Waals surface area contributed by atoms with Crippen LogP contribution in [0, 0.1) is 5.82 Å². The Morgan fingerprint density at radius 3 is 2.14 bits per heavy atom. The van der Waals surface area contributed by atoms with Gasteiger partial charge in [0, 0.05) is 43.6 Å². The predicted molar refractivity (Wildman–Crippen MR) is 162 cm³/mol. The molecule has 2 amide bonds. The van der Waals surface area contributed by atoms with E-state index < -0.39 is 17.8 Å². The third-order valence-corrected chi connectivity index (χ3v) is 7.53. The van der Waals surface area contributed by atoms with Gasteiger partial charge in [-0.2, -0.15) is 13.2 Å². The molecule has 0 aliphatic carbocycles. The molecule has 0 radical (unpaired) electrons. The van der Waals surface area contributed by atoms with Gasteiger partial charge in [0.15, 0.2) is 0 Å². The lowest BCUT2D eigenvalue weighted by atomic mass is 10.0. The summed E-state index contributed by atoms with van der Waals surface area (Å²) in [5.74, 6) is -0.502. The summed E-state index contributed by atoms with van der Waals surface area (Å²) < 4.78 is 51.8. The minimum Gasteiger partial charge on any atom is -0.397 e. The van der Waals surface area contributed by atoms with Crippen molar-refractivity contribution in [3.63, 3.8) is 0 Å². The predicted octanol–water partition coefficient (Wildman–Crippen LogP) is 5.89. The third kappa shape index (κ3) is 7.14. The van der Waals surface area contributed by atoms with Gasteiger partial charge in [-0.3, -0.25) is 14.5 Å². The van der Waals surface area contributed by atoms with Crippen LogP contribution in [0.2, 0.25) is 0 Å². The Bertz CT molecular complexity index is 1620. The van der Waals surface area contributed by atoms with Crippen molar-refractivity contribution in [3.05, 3.63) is 102 Å². The van der Waals surface area contributed by atoms with Gasteiger partial charge < -0.3 is 21.3 Å². The number of nitrogen functional groups attached to an aromatic ring is 1. The number of nitrogens with two attached hydrogens (primary N) is 1. The lowest BCUT2D eigenvalue weighted by molar-refractivity contribution is -0.137. The van der Waals surface area contributed by atoms with Gasteiger partial charge in [0.05, 0.1) is 23.0 Å². The molecule has 0 bridgehead atoms. The van der Waals surface area contributed by atoms with E-state index >= 15 is 0 Å². The van der Waals surface area contributed by atoms with Gasteiger partial charge >= 0.3 is 6.18 Å². The van der Waals surface area contributed by atoms with Crippen LogP contribution in [0.15, 0.2) is 85.1 Å². The van der Waals surface area contributed by atoms with Crippen molar-refractivity contribution < 1.29 is 27.2 Å². The lowest BCUT2D eigenvalue weighted by Crippen LogP contribution is -2.53. The fraction of sp³-hybridized carbons (Fsp3) is 0.219. The minimum absolute atomic E-state index is 0.228. The maximum atomic E-state index is 13.3. The number of amides is 2. The van der Waals surface area contributed by atoms with E-state index in [4.69, 9.17) is 5.73 Å². The molecule has 2 heterocycles. The second-order valence-electron chi connectivity index (χ2n) is 10.4. The molecule has 0 spiro atoms. The van der Waals surface area contributed by atoms with Crippen molar-refractivity contribution in [1.29, 1.82) is 0 Å². The fourth-order valence-corrected chi connectivity index (χ4v) is 4.88. The molecule has 1 fully saturated rings. The lowest BCUT2D eigenvalue weighted by Gasteiger charge is -2.38. The van der Waals surface area contributed by atoms with Crippen LogP contribution in [0.3, 0.4) is 0 Å². The highest BCUT2D eigenvalue weighted by molar-refractivity contribution is 6.06. The summed E-state index contributed by atoms with van der Waals surface area (Å²) >= 11 is 0. The van der Waals surface area contributed by atoms with Crippen molar-refractivity contribution in [1.82, 2.24) is 9.88 Å². The van der Waals surface area contributed by atoms with E-state index in [2.05, 4.69) is 15.6 Å². The molecule has 1 atom stereocenters. The van der Waals surface area contributed by atoms with Crippen LogP contribution in [-0.4, -0.2) is 53.9 Å². The molecule has 4 N–H and O–H groups in total. The number of piperazine rings is 1. The SMILES string of the molecule is CC(C(=O)Nc1ccc(C(=O)Nc2cc(-c3ccc(F)cc3)ccc2N)cc1)N1CCN(c2ccc(C(F)(F)F)cn2)CC1. The van der Waals surface area contributed by atoms with Gasteiger partial charge in [-0.15, -0.1) is 0 Å². The summed E-state index contributed by atoms with van der Waals surface area (Å²) in [6, 6.07) is 19.5. The summed E-state index contributed by atoms with van der Waals surface area (Å²) in [6.07, 6.45) is -3.61. The number of benzene rings is 3. The fourth-order valence-electron chi connectivity index (χ4n) is 4.88. The van der Waals surface area contributed by atoms with Crippen LogP contribution < -0.4 is 21.3 Å². The number of carbonyl (C=O) groups is 2. The maximum Gasteiger partial charge on any atom is 0.417 e. The first-order valence-corrected chi connectivity index (χ1v) is 13.9. The number of rotatable bonds is 7. The standard InChI is InChI=1S/C32H30F4N6O2/c1-20(41-14-16-42(17-15-41)29-13-7-24(19-38-29)32(34,35)36)30(43)39-26-10-4-22(5-11-26)31(44)40-28-18-23(6-12-27(28)37)21-2-8-25(33)9-3-21/h2-13,18-20H,14-17,37H2,1H3,(H,39,43)(H,40,44). The smallest absolute Gasteiger partial charge is 0.397 e. The van der Waals surface area contributed by atoms with Gasteiger partial charge in [-0.25, -0.2) is 9.37 Å². The monoisotopic (exact) mass is 606 g/mol. The topological polar surface area (TPSA) is 104 Å². The highest BCUT2D eigenvalue weighted by Crippen LogP contribution is 2.30. The Morgan fingerprint density at radius 1 is 0.864 bits per heavy atom. The zero-order valence-electron chi connectivity index (χ0n) is 23.7. The Labute approximate surface area is 251 Å². The van der Waals surface area contributed by atoms with E-state index in [9.17, 15) is 27.2 Å². The molecule has 44 heavy (non-hydrogen) atoms. The summed E-state index contributed by atoms with van der Waals surface area (Å²) in [6.45, 7) is 3.87. The molecule has 0 saturated carbocycles. The average Bonchev–Trinajstić information content (AvgIpc) is 3.02. The molecule has 4 aromatic rings. The van der Waals surface area contributed by atoms with Crippen LogP contribution in [0.5, 0.6) is 0 Å². The van der Waals surface area contributed by atoms with E-state index in [-0.39, 0.29) is 17.6 Å². The number of anilines is 4. The molecule has 1 saturated heterocycles. The van der Waals surface area contributed by atoms with Crippen molar-refractivity contribution in [3.8, 4) is 11.1 Å². The van der Waals surface area contributed by atoms with Crippen molar-refractivity contribution >= 4 is 34.7 Å².